The summed E-state index contributed by atoms with van der Waals surface area (Å²) in [5.41, 5.74) is 0.182. The Kier molecular flexibility index (Phi) is 6.07. The molecule has 0 aromatic heterocycles. The van der Waals surface area contributed by atoms with Gasteiger partial charge in [0.25, 0.3) is 0 Å². The van der Waals surface area contributed by atoms with Gasteiger partial charge in [-0.3, -0.25) is 0 Å². The molecule has 110 valence electrons. The number of carbonyl (C=O) groups excluding carboxylic acids is 1. The molecule has 0 saturated heterocycles. The lowest BCUT2D eigenvalue weighted by Gasteiger charge is -2.16. The maximum absolute atomic E-state index is 11.7. The van der Waals surface area contributed by atoms with Crippen molar-refractivity contribution in [3.05, 3.63) is 27.2 Å². The zero-order valence-corrected chi connectivity index (χ0v) is 14.0. The molecular weight excluding hydrogens is 346 g/mol. The minimum Gasteiger partial charge on any atom is -0.460 e. The molecule has 8 heteroatoms. The Labute approximate surface area is 137 Å². The summed E-state index contributed by atoms with van der Waals surface area (Å²) in [7, 11) is 0. The van der Waals surface area contributed by atoms with Gasteiger partial charge in [0.05, 0.1) is 16.1 Å². The number of hydrogen-bond donors (Lipinski definition) is 0. The van der Waals surface area contributed by atoms with E-state index in [-0.39, 0.29) is 21.8 Å². The van der Waals surface area contributed by atoms with Gasteiger partial charge in [0.1, 0.15) is 5.69 Å². The van der Waals surface area contributed by atoms with Gasteiger partial charge in [-0.1, -0.05) is 46.4 Å². The number of esters is 1. The monoisotopic (exact) mass is 356 g/mol. The quantitative estimate of drug-likeness (QED) is 0.303. The Bertz CT molecular complexity index is 521. The molecule has 0 saturated carbocycles. The Balaban J connectivity index is 3.00. The first-order valence-corrected chi connectivity index (χ1v) is 7.12. The first-order chi connectivity index (χ1) is 9.13. The third-order valence-electron chi connectivity index (χ3n) is 2.03. The summed E-state index contributed by atoms with van der Waals surface area (Å²) >= 11 is 23.6. The van der Waals surface area contributed by atoms with Crippen LogP contribution in [0.5, 0.6) is 0 Å². The predicted molar refractivity (Wildman–Crippen MR) is 81.5 cm³/mol. The molecule has 0 aliphatic rings. The molecule has 20 heavy (non-hydrogen) atoms. The highest BCUT2D eigenvalue weighted by Crippen LogP contribution is 2.37. The largest absolute Gasteiger partial charge is 0.460 e. The van der Waals surface area contributed by atoms with Crippen molar-refractivity contribution in [3.63, 3.8) is 0 Å². The molecule has 0 heterocycles. The van der Waals surface area contributed by atoms with Crippen molar-refractivity contribution in [2.24, 2.45) is 10.2 Å². The van der Waals surface area contributed by atoms with Crippen molar-refractivity contribution in [1.29, 1.82) is 0 Å². The average Bonchev–Trinajstić information content (AvgIpc) is 2.26. The van der Waals surface area contributed by atoms with Gasteiger partial charge < -0.3 is 4.74 Å². The highest BCUT2D eigenvalue weighted by Gasteiger charge is 2.33. The van der Waals surface area contributed by atoms with Crippen LogP contribution in [-0.2, 0) is 9.53 Å². The number of nitrogens with zero attached hydrogens (tertiary/aromatic N) is 2. The van der Waals surface area contributed by atoms with Gasteiger partial charge in [-0.15, -0.1) is 0 Å². The van der Waals surface area contributed by atoms with Gasteiger partial charge in [-0.25, -0.2) is 4.79 Å². The lowest BCUT2D eigenvalue weighted by Crippen LogP contribution is -2.30. The third-order valence-corrected chi connectivity index (χ3v) is 3.06. The Morgan fingerprint density at radius 2 is 1.75 bits per heavy atom. The summed E-state index contributed by atoms with van der Waals surface area (Å²) < 4.78 is 4.97. The standard InChI is InChI=1S/C12H12Cl4N2O2/c1-6(2)20-11(19)12(3,16)18-17-10-8(14)4-7(13)5-9(10)15/h4-6H,1-3H3. The highest BCUT2D eigenvalue weighted by atomic mass is 35.5. The van der Waals surface area contributed by atoms with Crippen LogP contribution in [0.2, 0.25) is 15.1 Å². The fourth-order valence-electron chi connectivity index (χ4n) is 1.14. The highest BCUT2D eigenvalue weighted by molar-refractivity contribution is 6.41. The molecule has 4 nitrogen and oxygen atoms in total. The van der Waals surface area contributed by atoms with E-state index in [0.29, 0.717) is 5.02 Å². The minimum atomic E-state index is -1.66. The maximum atomic E-state index is 11.7. The average molecular weight is 358 g/mol. The van der Waals surface area contributed by atoms with Crippen LogP contribution >= 0.6 is 46.4 Å². The van der Waals surface area contributed by atoms with Crippen LogP contribution in [0.1, 0.15) is 20.8 Å². The van der Waals surface area contributed by atoms with Gasteiger partial charge in [0.15, 0.2) is 0 Å². The Hall–Kier alpha value is -0.550. The fourth-order valence-corrected chi connectivity index (χ4v) is 2.11. The smallest absolute Gasteiger partial charge is 0.351 e. The van der Waals surface area contributed by atoms with E-state index in [2.05, 4.69) is 10.2 Å². The van der Waals surface area contributed by atoms with Gasteiger partial charge in [0, 0.05) is 5.02 Å². The van der Waals surface area contributed by atoms with E-state index in [1.165, 1.54) is 19.1 Å². The van der Waals surface area contributed by atoms with Crippen LogP contribution in [0.3, 0.4) is 0 Å². The van der Waals surface area contributed by atoms with Crippen molar-refractivity contribution in [3.8, 4) is 0 Å². The molecule has 0 spiro atoms. The molecule has 1 atom stereocenters. The zero-order chi connectivity index (χ0) is 15.5. The molecule has 1 unspecified atom stereocenters. The number of alkyl halides is 1. The summed E-state index contributed by atoms with van der Waals surface area (Å²) in [6, 6.07) is 2.92. The first-order valence-electron chi connectivity index (χ1n) is 5.61. The Morgan fingerprint density at radius 1 is 1.25 bits per heavy atom. The molecular formula is C12H12Cl4N2O2. The van der Waals surface area contributed by atoms with Crippen LogP contribution in [0.4, 0.5) is 5.69 Å². The normalized spacial score (nSPS) is 14.6. The van der Waals surface area contributed by atoms with E-state index in [1.807, 2.05) is 0 Å². The van der Waals surface area contributed by atoms with E-state index in [0.717, 1.165) is 0 Å². The summed E-state index contributed by atoms with van der Waals surface area (Å²) in [5, 5.41) is 8.33. The number of benzene rings is 1. The summed E-state index contributed by atoms with van der Waals surface area (Å²) in [6.07, 6.45) is -0.307. The van der Waals surface area contributed by atoms with Crippen molar-refractivity contribution in [2.45, 2.75) is 31.9 Å². The third kappa shape index (κ3) is 4.77. The maximum Gasteiger partial charge on any atom is 0.351 e. The topological polar surface area (TPSA) is 51.0 Å². The first kappa shape index (κ1) is 17.5. The molecule has 1 aromatic carbocycles. The molecule has 0 amide bonds. The van der Waals surface area contributed by atoms with Crippen LogP contribution < -0.4 is 0 Å². The van der Waals surface area contributed by atoms with Crippen molar-refractivity contribution in [1.82, 2.24) is 0 Å². The molecule has 1 rings (SSSR count). The van der Waals surface area contributed by atoms with E-state index < -0.39 is 11.0 Å². The summed E-state index contributed by atoms with van der Waals surface area (Å²) in [4.78, 5) is 10.1. The lowest BCUT2D eigenvalue weighted by atomic mass is 10.3. The number of hydrogen-bond acceptors (Lipinski definition) is 4. The second-order valence-corrected chi connectivity index (χ2v) is 6.31. The van der Waals surface area contributed by atoms with Gasteiger partial charge in [-0.2, -0.15) is 10.2 Å². The summed E-state index contributed by atoms with van der Waals surface area (Å²) in [6.45, 7) is 4.77. The number of ether oxygens (including phenoxy) is 1. The second-order valence-electron chi connectivity index (χ2n) is 4.33. The second kappa shape index (κ2) is 6.94. The zero-order valence-electron chi connectivity index (χ0n) is 11.0. The van der Waals surface area contributed by atoms with E-state index in [1.54, 1.807) is 13.8 Å². The molecule has 0 radical (unpaired) electrons. The molecule has 0 fully saturated rings. The minimum absolute atomic E-state index is 0.182. The van der Waals surface area contributed by atoms with Crippen LogP contribution in [0.25, 0.3) is 0 Å². The van der Waals surface area contributed by atoms with Gasteiger partial charge >= 0.3 is 5.97 Å². The molecule has 1 aromatic rings. The van der Waals surface area contributed by atoms with Crippen molar-refractivity contribution < 1.29 is 9.53 Å². The number of azo groups is 1. The van der Waals surface area contributed by atoms with Gasteiger partial charge in [-0.05, 0) is 32.9 Å². The van der Waals surface area contributed by atoms with Gasteiger partial charge in [0.2, 0.25) is 5.00 Å². The van der Waals surface area contributed by atoms with Crippen LogP contribution in [0.15, 0.2) is 22.4 Å². The van der Waals surface area contributed by atoms with E-state index >= 15 is 0 Å². The van der Waals surface area contributed by atoms with E-state index in [9.17, 15) is 4.79 Å². The lowest BCUT2D eigenvalue weighted by molar-refractivity contribution is -0.150. The molecule has 0 aliphatic carbocycles. The molecule has 0 bridgehead atoms. The Morgan fingerprint density at radius 3 is 2.20 bits per heavy atom. The number of carbonyl (C=O) groups is 1. The van der Waals surface area contributed by atoms with Crippen molar-refractivity contribution >= 4 is 58.1 Å². The molecule has 0 aliphatic heterocycles. The number of halogens is 4. The molecule has 0 N–H and O–H groups in total. The van der Waals surface area contributed by atoms with Crippen molar-refractivity contribution in [2.75, 3.05) is 0 Å². The van der Waals surface area contributed by atoms with Crippen LogP contribution in [-0.4, -0.2) is 17.1 Å². The predicted octanol–water partition coefficient (Wildman–Crippen LogP) is 5.64. The number of rotatable bonds is 4. The van der Waals surface area contributed by atoms with Crippen LogP contribution in [0, 0.1) is 0 Å². The van der Waals surface area contributed by atoms with E-state index in [4.69, 9.17) is 51.1 Å². The SMILES string of the molecule is CC(C)OC(=O)C(C)(Cl)N=Nc1c(Cl)cc(Cl)cc1Cl. The fraction of sp³-hybridized carbons (Fsp3) is 0.417. The summed E-state index contributed by atoms with van der Waals surface area (Å²) in [5.74, 6) is -0.709.